The first-order chi connectivity index (χ1) is 8.59. The largest absolute Gasteiger partial charge is 0.368 e. The number of amides is 1. The fourth-order valence-corrected chi connectivity index (χ4v) is 2.88. The van der Waals surface area contributed by atoms with E-state index in [1.165, 1.54) is 12.8 Å². The molecule has 2 fully saturated rings. The van der Waals surface area contributed by atoms with Crippen molar-refractivity contribution in [1.29, 1.82) is 0 Å². The van der Waals surface area contributed by atoms with Crippen LogP contribution in [0.3, 0.4) is 0 Å². The highest BCUT2D eigenvalue weighted by Gasteiger charge is 2.32. The van der Waals surface area contributed by atoms with E-state index in [1.54, 1.807) is 0 Å². The molecule has 0 aromatic rings. The van der Waals surface area contributed by atoms with Gasteiger partial charge in [-0.15, -0.1) is 0 Å². The van der Waals surface area contributed by atoms with E-state index in [1.807, 2.05) is 0 Å². The molecular formula is C14H26N2O2. The highest BCUT2D eigenvalue weighted by Crippen LogP contribution is 2.29. The van der Waals surface area contributed by atoms with E-state index in [0.717, 1.165) is 32.4 Å². The molecule has 0 saturated carbocycles. The lowest BCUT2D eigenvalue weighted by Crippen LogP contribution is -2.54. The lowest BCUT2D eigenvalue weighted by molar-refractivity contribution is -0.135. The minimum atomic E-state index is -0.217. The molecule has 0 aromatic carbocycles. The standard InChI is InChI=1S/C14H26N2O2/c1-14(2)7-5-8-15-12(14)10-16-13(17)11-6-3-4-9-18-11/h11-12,15H,3-10H2,1-2H3,(H,16,17). The molecule has 2 N–H and O–H groups in total. The summed E-state index contributed by atoms with van der Waals surface area (Å²) in [5.41, 5.74) is 0.263. The van der Waals surface area contributed by atoms with E-state index in [-0.39, 0.29) is 17.4 Å². The molecule has 0 spiro atoms. The Bertz CT molecular complexity index is 286. The zero-order valence-electron chi connectivity index (χ0n) is 11.6. The van der Waals surface area contributed by atoms with Gasteiger partial charge >= 0.3 is 0 Å². The molecule has 2 saturated heterocycles. The molecule has 2 rings (SSSR count). The molecule has 4 nitrogen and oxygen atoms in total. The summed E-state index contributed by atoms with van der Waals surface area (Å²) >= 11 is 0. The van der Waals surface area contributed by atoms with Gasteiger partial charge in [0.1, 0.15) is 6.10 Å². The Hall–Kier alpha value is -0.610. The van der Waals surface area contributed by atoms with Crippen molar-refractivity contribution in [3.63, 3.8) is 0 Å². The van der Waals surface area contributed by atoms with Gasteiger partial charge in [-0.1, -0.05) is 13.8 Å². The Kier molecular flexibility index (Phi) is 4.62. The van der Waals surface area contributed by atoms with Gasteiger partial charge in [0, 0.05) is 19.2 Å². The van der Waals surface area contributed by atoms with Crippen LogP contribution in [-0.4, -0.2) is 37.7 Å². The second-order valence-electron chi connectivity index (χ2n) is 6.20. The summed E-state index contributed by atoms with van der Waals surface area (Å²) in [5, 5.41) is 6.56. The predicted octanol–water partition coefficient (Wildman–Crippen LogP) is 1.45. The van der Waals surface area contributed by atoms with Crippen LogP contribution in [-0.2, 0) is 9.53 Å². The van der Waals surface area contributed by atoms with Crippen LogP contribution in [0, 0.1) is 5.41 Å². The predicted molar refractivity (Wildman–Crippen MR) is 71.4 cm³/mol. The monoisotopic (exact) mass is 254 g/mol. The van der Waals surface area contributed by atoms with Gasteiger partial charge in [0.25, 0.3) is 0 Å². The second kappa shape index (κ2) is 6.02. The average molecular weight is 254 g/mol. The number of nitrogens with one attached hydrogen (secondary N) is 2. The SMILES string of the molecule is CC1(C)CCCNC1CNC(=O)C1CCCCO1. The molecule has 104 valence electrons. The smallest absolute Gasteiger partial charge is 0.249 e. The molecular weight excluding hydrogens is 228 g/mol. The van der Waals surface area contributed by atoms with Crippen molar-refractivity contribution in [3.05, 3.63) is 0 Å². The Morgan fingerprint density at radius 2 is 2.22 bits per heavy atom. The summed E-state index contributed by atoms with van der Waals surface area (Å²) in [6.45, 7) is 7.04. The van der Waals surface area contributed by atoms with Crippen molar-refractivity contribution in [2.45, 2.75) is 58.1 Å². The van der Waals surface area contributed by atoms with Gasteiger partial charge in [0.15, 0.2) is 0 Å². The van der Waals surface area contributed by atoms with E-state index >= 15 is 0 Å². The van der Waals surface area contributed by atoms with Crippen LogP contribution in [0.15, 0.2) is 0 Å². The van der Waals surface area contributed by atoms with E-state index in [0.29, 0.717) is 12.6 Å². The molecule has 2 atom stereocenters. The second-order valence-corrected chi connectivity index (χ2v) is 6.20. The van der Waals surface area contributed by atoms with Crippen LogP contribution < -0.4 is 10.6 Å². The van der Waals surface area contributed by atoms with Crippen LogP contribution in [0.5, 0.6) is 0 Å². The summed E-state index contributed by atoms with van der Waals surface area (Å²) in [5.74, 6) is 0.0675. The van der Waals surface area contributed by atoms with Gasteiger partial charge in [-0.3, -0.25) is 4.79 Å². The topological polar surface area (TPSA) is 50.4 Å². The van der Waals surface area contributed by atoms with Crippen LogP contribution >= 0.6 is 0 Å². The number of piperidine rings is 1. The molecule has 2 heterocycles. The molecule has 4 heteroatoms. The average Bonchev–Trinajstić information content (AvgIpc) is 2.38. The molecule has 0 bridgehead atoms. The fourth-order valence-electron chi connectivity index (χ4n) is 2.88. The lowest BCUT2D eigenvalue weighted by Gasteiger charge is -2.39. The van der Waals surface area contributed by atoms with E-state index in [4.69, 9.17) is 4.74 Å². The molecule has 1 amide bonds. The highest BCUT2D eigenvalue weighted by molar-refractivity contribution is 5.80. The minimum Gasteiger partial charge on any atom is -0.368 e. The zero-order valence-corrected chi connectivity index (χ0v) is 11.6. The first kappa shape index (κ1) is 13.8. The van der Waals surface area contributed by atoms with Crippen LogP contribution in [0.25, 0.3) is 0 Å². The Morgan fingerprint density at radius 1 is 1.39 bits per heavy atom. The van der Waals surface area contributed by atoms with Gasteiger partial charge in [0.2, 0.25) is 5.91 Å². The van der Waals surface area contributed by atoms with Crippen molar-refractivity contribution >= 4 is 5.91 Å². The van der Waals surface area contributed by atoms with Crippen molar-refractivity contribution in [1.82, 2.24) is 10.6 Å². The summed E-state index contributed by atoms with van der Waals surface area (Å²) in [6.07, 6.45) is 5.29. The van der Waals surface area contributed by atoms with Crippen LogP contribution in [0.1, 0.15) is 46.0 Å². The zero-order chi connectivity index (χ0) is 13.0. The van der Waals surface area contributed by atoms with Crippen molar-refractivity contribution in [2.75, 3.05) is 19.7 Å². The first-order valence-electron chi connectivity index (χ1n) is 7.22. The maximum atomic E-state index is 12.0. The van der Waals surface area contributed by atoms with Crippen molar-refractivity contribution in [3.8, 4) is 0 Å². The molecule has 0 aromatic heterocycles. The van der Waals surface area contributed by atoms with E-state index in [2.05, 4.69) is 24.5 Å². The molecule has 2 aliphatic heterocycles. The van der Waals surface area contributed by atoms with Crippen LogP contribution in [0.4, 0.5) is 0 Å². The normalized spacial score (nSPS) is 31.9. The fraction of sp³-hybridized carbons (Fsp3) is 0.929. The minimum absolute atomic E-state index is 0.0675. The summed E-state index contributed by atoms with van der Waals surface area (Å²) < 4.78 is 5.50. The quantitative estimate of drug-likeness (QED) is 0.801. The van der Waals surface area contributed by atoms with Gasteiger partial charge in [0.05, 0.1) is 0 Å². The highest BCUT2D eigenvalue weighted by atomic mass is 16.5. The van der Waals surface area contributed by atoms with Gasteiger partial charge in [-0.05, 0) is 44.1 Å². The molecule has 18 heavy (non-hydrogen) atoms. The van der Waals surface area contributed by atoms with Gasteiger partial charge in [-0.25, -0.2) is 0 Å². The number of carbonyl (C=O) groups excluding carboxylic acids is 1. The number of rotatable bonds is 3. The summed E-state index contributed by atoms with van der Waals surface area (Å²) in [6, 6.07) is 0.374. The Labute approximate surface area is 110 Å². The Balaban J connectivity index is 1.77. The molecule has 2 unspecified atom stereocenters. The number of carbonyl (C=O) groups is 1. The van der Waals surface area contributed by atoms with Gasteiger partial charge < -0.3 is 15.4 Å². The number of ether oxygens (including phenoxy) is 1. The third-order valence-corrected chi connectivity index (χ3v) is 4.28. The Morgan fingerprint density at radius 3 is 2.89 bits per heavy atom. The van der Waals surface area contributed by atoms with E-state index < -0.39 is 0 Å². The maximum Gasteiger partial charge on any atom is 0.249 e. The van der Waals surface area contributed by atoms with E-state index in [9.17, 15) is 4.79 Å². The third-order valence-electron chi connectivity index (χ3n) is 4.28. The third kappa shape index (κ3) is 3.45. The molecule has 2 aliphatic rings. The molecule has 0 radical (unpaired) electrons. The van der Waals surface area contributed by atoms with Crippen LogP contribution in [0.2, 0.25) is 0 Å². The van der Waals surface area contributed by atoms with Gasteiger partial charge in [-0.2, -0.15) is 0 Å². The van der Waals surface area contributed by atoms with Crippen molar-refractivity contribution < 1.29 is 9.53 Å². The molecule has 0 aliphatic carbocycles. The number of hydrogen-bond donors (Lipinski definition) is 2. The lowest BCUT2D eigenvalue weighted by atomic mass is 9.77. The summed E-state index contributed by atoms with van der Waals surface area (Å²) in [4.78, 5) is 12.0. The maximum absolute atomic E-state index is 12.0. The summed E-state index contributed by atoms with van der Waals surface area (Å²) in [7, 11) is 0. The number of hydrogen-bond acceptors (Lipinski definition) is 3. The van der Waals surface area contributed by atoms with Crippen molar-refractivity contribution in [2.24, 2.45) is 5.41 Å². The first-order valence-corrected chi connectivity index (χ1v) is 7.22.